The van der Waals surface area contributed by atoms with Gasteiger partial charge in [0.2, 0.25) is 0 Å². The Hall–Kier alpha value is -1.56. The second-order valence-electron chi connectivity index (χ2n) is 4.97. The smallest absolute Gasteiger partial charge is 0.142 e. The fourth-order valence-corrected chi connectivity index (χ4v) is 2.42. The maximum absolute atomic E-state index is 8.81. The van der Waals surface area contributed by atoms with Gasteiger partial charge in [-0.05, 0) is 37.3 Å². The molecule has 1 aliphatic rings. The highest BCUT2D eigenvalue weighted by Crippen LogP contribution is 2.24. The van der Waals surface area contributed by atoms with E-state index in [0.717, 1.165) is 11.7 Å². The Morgan fingerprint density at radius 1 is 1.29 bits per heavy atom. The number of nitriles is 1. The molecule has 1 aliphatic carbocycles. The van der Waals surface area contributed by atoms with E-state index in [9.17, 15) is 0 Å². The number of nitrogens with zero attached hydrogens (tertiary/aromatic N) is 2. The van der Waals surface area contributed by atoms with Crippen LogP contribution in [0.15, 0.2) is 18.2 Å². The molecule has 1 heterocycles. The lowest BCUT2D eigenvalue weighted by molar-refractivity contribution is 0.502. The lowest BCUT2D eigenvalue weighted by atomic mass is 10.0. The van der Waals surface area contributed by atoms with Crippen molar-refractivity contribution in [2.45, 2.75) is 45.1 Å². The quantitative estimate of drug-likeness (QED) is 0.791. The van der Waals surface area contributed by atoms with E-state index in [0.29, 0.717) is 11.7 Å². The van der Waals surface area contributed by atoms with Gasteiger partial charge in [0.05, 0.1) is 0 Å². The number of rotatable bonds is 2. The Bertz CT molecular complexity index is 408. The van der Waals surface area contributed by atoms with Crippen LogP contribution < -0.4 is 5.32 Å². The van der Waals surface area contributed by atoms with Crippen molar-refractivity contribution in [2.75, 3.05) is 5.32 Å². The van der Waals surface area contributed by atoms with E-state index in [1.807, 2.05) is 12.1 Å². The van der Waals surface area contributed by atoms with Gasteiger partial charge in [0.15, 0.2) is 0 Å². The third-order valence-electron chi connectivity index (χ3n) is 3.47. The maximum Gasteiger partial charge on any atom is 0.142 e. The van der Waals surface area contributed by atoms with E-state index in [2.05, 4.69) is 23.3 Å². The summed E-state index contributed by atoms with van der Waals surface area (Å²) in [7, 11) is 0. The molecule has 1 saturated carbocycles. The summed E-state index contributed by atoms with van der Waals surface area (Å²) < 4.78 is 0. The van der Waals surface area contributed by atoms with E-state index in [1.54, 1.807) is 6.07 Å². The van der Waals surface area contributed by atoms with Crippen LogP contribution in [0.2, 0.25) is 0 Å². The van der Waals surface area contributed by atoms with Crippen LogP contribution in [0.5, 0.6) is 0 Å². The van der Waals surface area contributed by atoms with Gasteiger partial charge in [0.25, 0.3) is 0 Å². The highest BCUT2D eigenvalue weighted by molar-refractivity contribution is 5.39. The number of hydrogen-bond donors (Lipinski definition) is 1. The van der Waals surface area contributed by atoms with Crippen LogP contribution in [0.1, 0.15) is 44.7 Å². The molecule has 0 aliphatic heterocycles. The Labute approximate surface area is 103 Å². The topological polar surface area (TPSA) is 48.7 Å². The summed E-state index contributed by atoms with van der Waals surface area (Å²) in [4.78, 5) is 4.26. The molecule has 0 radical (unpaired) electrons. The van der Waals surface area contributed by atoms with E-state index >= 15 is 0 Å². The summed E-state index contributed by atoms with van der Waals surface area (Å²) >= 11 is 0. The second-order valence-corrected chi connectivity index (χ2v) is 4.97. The Balaban J connectivity index is 1.97. The van der Waals surface area contributed by atoms with E-state index < -0.39 is 0 Å². The Morgan fingerprint density at radius 2 is 2.18 bits per heavy atom. The summed E-state index contributed by atoms with van der Waals surface area (Å²) in [5.74, 6) is 1.68. The van der Waals surface area contributed by atoms with Gasteiger partial charge in [-0.15, -0.1) is 0 Å². The summed E-state index contributed by atoms with van der Waals surface area (Å²) in [6.07, 6.45) is 6.33. The zero-order chi connectivity index (χ0) is 12.1. The molecule has 2 atom stereocenters. The molecule has 3 nitrogen and oxygen atoms in total. The molecule has 0 saturated heterocycles. The average molecular weight is 229 g/mol. The Kier molecular flexibility index (Phi) is 3.98. The van der Waals surface area contributed by atoms with Crippen LogP contribution in [0.25, 0.3) is 0 Å². The molecule has 0 spiro atoms. The monoisotopic (exact) mass is 229 g/mol. The zero-order valence-electron chi connectivity index (χ0n) is 10.3. The van der Waals surface area contributed by atoms with Crippen molar-refractivity contribution < 1.29 is 0 Å². The minimum absolute atomic E-state index is 0.483. The molecule has 2 rings (SSSR count). The molecule has 0 amide bonds. The van der Waals surface area contributed by atoms with Crippen LogP contribution in [-0.4, -0.2) is 11.0 Å². The summed E-state index contributed by atoms with van der Waals surface area (Å²) in [5, 5.41) is 12.3. The molecule has 1 aromatic heterocycles. The number of nitrogens with one attached hydrogen (secondary N) is 1. The molecule has 17 heavy (non-hydrogen) atoms. The van der Waals surface area contributed by atoms with Gasteiger partial charge in [-0.25, -0.2) is 4.98 Å². The largest absolute Gasteiger partial charge is 0.367 e. The maximum atomic E-state index is 8.81. The summed E-state index contributed by atoms with van der Waals surface area (Å²) in [5.41, 5.74) is 0.483. The van der Waals surface area contributed by atoms with Gasteiger partial charge >= 0.3 is 0 Å². The van der Waals surface area contributed by atoms with Crippen molar-refractivity contribution in [3.8, 4) is 6.07 Å². The minimum atomic E-state index is 0.483. The first-order chi connectivity index (χ1) is 8.28. The van der Waals surface area contributed by atoms with Gasteiger partial charge in [-0.3, -0.25) is 0 Å². The molecule has 1 aromatic rings. The van der Waals surface area contributed by atoms with Crippen molar-refractivity contribution in [1.82, 2.24) is 4.98 Å². The molecular weight excluding hydrogens is 210 g/mol. The van der Waals surface area contributed by atoms with Gasteiger partial charge in [-0.1, -0.05) is 25.8 Å². The van der Waals surface area contributed by atoms with Crippen molar-refractivity contribution in [1.29, 1.82) is 5.26 Å². The van der Waals surface area contributed by atoms with Crippen molar-refractivity contribution in [2.24, 2.45) is 5.92 Å². The van der Waals surface area contributed by atoms with Crippen LogP contribution >= 0.6 is 0 Å². The van der Waals surface area contributed by atoms with Gasteiger partial charge in [-0.2, -0.15) is 5.26 Å². The first-order valence-electron chi connectivity index (χ1n) is 6.41. The van der Waals surface area contributed by atoms with E-state index in [-0.39, 0.29) is 0 Å². The molecule has 1 fully saturated rings. The lowest BCUT2D eigenvalue weighted by Gasteiger charge is -2.16. The van der Waals surface area contributed by atoms with Gasteiger partial charge < -0.3 is 5.32 Å². The normalized spacial score (nSPS) is 24.7. The SMILES string of the molecule is CC1CCCC(Nc2cccc(C#N)n2)CC1. The van der Waals surface area contributed by atoms with Gasteiger partial charge in [0, 0.05) is 6.04 Å². The molecule has 0 bridgehead atoms. The van der Waals surface area contributed by atoms with Crippen molar-refractivity contribution >= 4 is 5.82 Å². The van der Waals surface area contributed by atoms with Crippen LogP contribution in [0.3, 0.4) is 0 Å². The highest BCUT2D eigenvalue weighted by atomic mass is 15.0. The highest BCUT2D eigenvalue weighted by Gasteiger charge is 2.16. The second kappa shape index (κ2) is 5.67. The van der Waals surface area contributed by atoms with Crippen molar-refractivity contribution in [3.05, 3.63) is 23.9 Å². The molecule has 1 N–H and O–H groups in total. The average Bonchev–Trinajstić information content (AvgIpc) is 2.55. The lowest BCUT2D eigenvalue weighted by Crippen LogP contribution is -2.19. The van der Waals surface area contributed by atoms with Crippen LogP contribution in [0.4, 0.5) is 5.82 Å². The Morgan fingerprint density at radius 3 is 3.00 bits per heavy atom. The third-order valence-corrected chi connectivity index (χ3v) is 3.47. The van der Waals surface area contributed by atoms with Crippen molar-refractivity contribution in [3.63, 3.8) is 0 Å². The zero-order valence-corrected chi connectivity index (χ0v) is 10.3. The van der Waals surface area contributed by atoms with Crippen LogP contribution in [0, 0.1) is 17.2 Å². The van der Waals surface area contributed by atoms with Crippen LogP contribution in [-0.2, 0) is 0 Å². The number of aromatic nitrogens is 1. The molecular formula is C14H19N3. The van der Waals surface area contributed by atoms with E-state index in [4.69, 9.17) is 5.26 Å². The number of hydrogen-bond acceptors (Lipinski definition) is 3. The fraction of sp³-hybridized carbons (Fsp3) is 0.571. The number of anilines is 1. The molecule has 3 heteroatoms. The van der Waals surface area contributed by atoms with E-state index in [1.165, 1.54) is 32.1 Å². The predicted molar refractivity (Wildman–Crippen MR) is 68.6 cm³/mol. The summed E-state index contributed by atoms with van der Waals surface area (Å²) in [6, 6.07) is 8.15. The molecule has 0 aromatic carbocycles. The first-order valence-corrected chi connectivity index (χ1v) is 6.41. The number of pyridine rings is 1. The summed E-state index contributed by atoms with van der Waals surface area (Å²) in [6.45, 7) is 2.33. The minimum Gasteiger partial charge on any atom is -0.367 e. The molecule has 90 valence electrons. The predicted octanol–water partition coefficient (Wildman–Crippen LogP) is 3.33. The first kappa shape index (κ1) is 11.9. The molecule has 2 unspecified atom stereocenters. The fourth-order valence-electron chi connectivity index (χ4n) is 2.42. The third kappa shape index (κ3) is 3.45. The van der Waals surface area contributed by atoms with Gasteiger partial charge in [0.1, 0.15) is 17.6 Å². The standard InChI is InChI=1S/C14H19N3/c1-11-4-2-5-12(9-8-11)16-14-7-3-6-13(10-15)17-14/h3,6-7,11-12H,2,4-5,8-9H2,1H3,(H,16,17).